The van der Waals surface area contributed by atoms with Gasteiger partial charge in [0.15, 0.2) is 0 Å². The highest BCUT2D eigenvalue weighted by atomic mass is 35.5. The molecule has 0 spiro atoms. The van der Waals surface area contributed by atoms with Crippen molar-refractivity contribution in [2.75, 3.05) is 0 Å². The molecule has 0 saturated heterocycles. The van der Waals surface area contributed by atoms with Gasteiger partial charge in [-0.05, 0) is 0 Å². The van der Waals surface area contributed by atoms with Crippen LogP contribution >= 0.6 is 12.4 Å². The smallest absolute Gasteiger partial charge is 0.150 e. The topological polar surface area (TPSA) is 17.1 Å². The van der Waals surface area contributed by atoms with Crippen molar-refractivity contribution in [1.29, 1.82) is 0 Å². The molecule has 0 aliphatic heterocycles. The first-order valence-corrected chi connectivity index (χ1v) is 2.44. The van der Waals surface area contributed by atoms with E-state index < -0.39 is 0 Å². The maximum atomic E-state index is 10.0. The Kier molecular flexibility index (Phi) is 3.72. The summed E-state index contributed by atoms with van der Waals surface area (Å²) < 4.78 is 0. The van der Waals surface area contributed by atoms with Crippen molar-refractivity contribution >= 4 is 18.7 Å². The third-order valence-corrected chi connectivity index (χ3v) is 0.936. The van der Waals surface area contributed by atoms with Gasteiger partial charge in [-0.1, -0.05) is 30.3 Å². The lowest BCUT2D eigenvalue weighted by Gasteiger charge is -1.81. The molecule has 1 aromatic rings. The first kappa shape index (κ1) is 8.18. The summed E-state index contributed by atoms with van der Waals surface area (Å²) in [6, 6.07) is 9.10. The van der Waals surface area contributed by atoms with Crippen molar-refractivity contribution in [3.05, 3.63) is 35.9 Å². The molecule has 48 valence electrons. The van der Waals surface area contributed by atoms with Crippen LogP contribution in [0.5, 0.6) is 0 Å². The molecule has 0 amide bonds. The molecule has 0 atom stereocenters. The molecule has 0 aliphatic rings. The summed E-state index contributed by atoms with van der Waals surface area (Å²) in [6.07, 6.45) is 0.833. The second-order valence-corrected chi connectivity index (χ2v) is 1.53. The first-order valence-electron chi connectivity index (χ1n) is 2.44. The predicted octanol–water partition coefficient (Wildman–Crippen LogP) is 1.92. The second kappa shape index (κ2) is 4.10. The van der Waals surface area contributed by atoms with Gasteiger partial charge in [0, 0.05) is 5.56 Å². The second-order valence-electron chi connectivity index (χ2n) is 1.53. The van der Waals surface area contributed by atoms with Crippen molar-refractivity contribution in [1.82, 2.24) is 0 Å². The lowest BCUT2D eigenvalue weighted by atomic mass is 10.2. The first-order chi connectivity index (χ1) is 3.93. The molecule has 0 saturated carbocycles. The number of carbonyl (C=O) groups excluding carboxylic acids is 1. The van der Waals surface area contributed by atoms with Crippen LogP contribution in [0, 0.1) is 0 Å². The number of aldehydes is 1. The van der Waals surface area contributed by atoms with Crippen molar-refractivity contribution in [3.63, 3.8) is 0 Å². The molecule has 9 heavy (non-hydrogen) atoms. The number of benzene rings is 1. The molecule has 0 aliphatic carbocycles. The molecule has 1 rings (SSSR count). The van der Waals surface area contributed by atoms with Crippen LogP contribution in [0.3, 0.4) is 0 Å². The lowest BCUT2D eigenvalue weighted by molar-refractivity contribution is 0.112. The minimum Gasteiger partial charge on any atom is -0.298 e. The standard InChI is InChI=1S/C7H6O.ClH/c8-6-7-4-2-1-3-5-7;/h1-6H;1H. The van der Waals surface area contributed by atoms with Gasteiger partial charge in [0.2, 0.25) is 0 Å². The Balaban J connectivity index is 0.000000640. The van der Waals surface area contributed by atoms with E-state index in [9.17, 15) is 4.79 Å². The monoisotopic (exact) mass is 142 g/mol. The summed E-state index contributed by atoms with van der Waals surface area (Å²) in [5, 5.41) is 0. The van der Waals surface area contributed by atoms with Crippen LogP contribution in [0.1, 0.15) is 10.4 Å². The van der Waals surface area contributed by atoms with Gasteiger partial charge in [0.05, 0.1) is 0 Å². The van der Waals surface area contributed by atoms with E-state index in [1.807, 2.05) is 18.2 Å². The highest BCUT2D eigenvalue weighted by molar-refractivity contribution is 5.85. The van der Waals surface area contributed by atoms with Crippen LogP contribution in [0.25, 0.3) is 0 Å². The summed E-state index contributed by atoms with van der Waals surface area (Å²) in [4.78, 5) is 10.0. The predicted molar refractivity (Wildman–Crippen MR) is 39.1 cm³/mol. The Morgan fingerprint density at radius 1 is 1.11 bits per heavy atom. The number of hydrogen-bond donors (Lipinski definition) is 0. The van der Waals surface area contributed by atoms with Crippen molar-refractivity contribution in [2.24, 2.45) is 0 Å². The fourth-order valence-electron chi connectivity index (χ4n) is 0.532. The molecule has 0 N–H and O–H groups in total. The van der Waals surface area contributed by atoms with E-state index in [0.29, 0.717) is 0 Å². The molecule has 1 aromatic carbocycles. The highest BCUT2D eigenvalue weighted by Gasteiger charge is 1.79. The van der Waals surface area contributed by atoms with Crippen LogP contribution in [0.4, 0.5) is 0 Å². The van der Waals surface area contributed by atoms with Gasteiger partial charge in [0.25, 0.3) is 0 Å². The Morgan fingerprint density at radius 3 is 2.00 bits per heavy atom. The number of hydrogen-bond acceptors (Lipinski definition) is 1. The zero-order chi connectivity index (χ0) is 5.82. The minimum atomic E-state index is 0. The molecule has 0 unspecified atom stereocenters. The van der Waals surface area contributed by atoms with Crippen molar-refractivity contribution < 1.29 is 4.79 Å². The summed E-state index contributed by atoms with van der Waals surface area (Å²) in [6.45, 7) is 0. The normalized spacial score (nSPS) is 7.56. The van der Waals surface area contributed by atoms with E-state index in [0.717, 1.165) is 11.8 Å². The summed E-state index contributed by atoms with van der Waals surface area (Å²) >= 11 is 0. The van der Waals surface area contributed by atoms with E-state index in [-0.39, 0.29) is 12.4 Å². The van der Waals surface area contributed by atoms with Crippen molar-refractivity contribution in [3.8, 4) is 0 Å². The van der Waals surface area contributed by atoms with Gasteiger partial charge in [-0.2, -0.15) is 0 Å². The summed E-state index contributed by atoms with van der Waals surface area (Å²) in [5.74, 6) is 0. The molecule has 0 fully saturated rings. The van der Waals surface area contributed by atoms with E-state index in [2.05, 4.69) is 0 Å². The molecule has 0 bridgehead atoms. The molecule has 0 heterocycles. The van der Waals surface area contributed by atoms with Gasteiger partial charge >= 0.3 is 0 Å². The van der Waals surface area contributed by atoms with Gasteiger partial charge in [-0.15, -0.1) is 12.4 Å². The SMILES string of the molecule is Cl.O=Cc1ccccc1. The van der Waals surface area contributed by atoms with Crippen LogP contribution < -0.4 is 0 Å². The fraction of sp³-hybridized carbons (Fsp3) is 0. The summed E-state index contributed by atoms with van der Waals surface area (Å²) in [5.41, 5.74) is 0.729. The molecule has 0 aromatic heterocycles. The van der Waals surface area contributed by atoms with Crippen LogP contribution in [0.15, 0.2) is 30.3 Å². The Hall–Kier alpha value is -0.820. The average molecular weight is 143 g/mol. The van der Waals surface area contributed by atoms with E-state index in [1.54, 1.807) is 12.1 Å². The van der Waals surface area contributed by atoms with Gasteiger partial charge < -0.3 is 0 Å². The Morgan fingerprint density at radius 2 is 1.67 bits per heavy atom. The number of rotatable bonds is 1. The zero-order valence-corrected chi connectivity index (χ0v) is 5.60. The van der Waals surface area contributed by atoms with Crippen LogP contribution in [-0.2, 0) is 0 Å². The van der Waals surface area contributed by atoms with Gasteiger partial charge in [-0.25, -0.2) is 0 Å². The van der Waals surface area contributed by atoms with Crippen molar-refractivity contribution in [2.45, 2.75) is 0 Å². The van der Waals surface area contributed by atoms with Crippen LogP contribution in [-0.4, -0.2) is 6.29 Å². The summed E-state index contributed by atoms with van der Waals surface area (Å²) in [7, 11) is 0. The maximum absolute atomic E-state index is 10.0. The van der Waals surface area contributed by atoms with E-state index in [4.69, 9.17) is 0 Å². The lowest BCUT2D eigenvalue weighted by Crippen LogP contribution is -1.73. The average Bonchev–Trinajstić information content (AvgIpc) is 1.90. The fourth-order valence-corrected chi connectivity index (χ4v) is 0.532. The Labute approximate surface area is 60.1 Å². The zero-order valence-electron chi connectivity index (χ0n) is 4.78. The highest BCUT2D eigenvalue weighted by Crippen LogP contribution is 1.91. The largest absolute Gasteiger partial charge is 0.298 e. The van der Waals surface area contributed by atoms with E-state index >= 15 is 0 Å². The molecular formula is C7H7ClO. The molecule has 2 heteroatoms. The van der Waals surface area contributed by atoms with E-state index in [1.165, 1.54) is 0 Å². The molecule has 0 radical (unpaired) electrons. The maximum Gasteiger partial charge on any atom is 0.150 e. The number of halogens is 1. The molecule has 1 nitrogen and oxygen atoms in total. The minimum absolute atomic E-state index is 0. The third kappa shape index (κ3) is 2.29. The molecular weight excluding hydrogens is 136 g/mol. The van der Waals surface area contributed by atoms with Gasteiger partial charge in [0.1, 0.15) is 6.29 Å². The van der Waals surface area contributed by atoms with Gasteiger partial charge in [-0.3, -0.25) is 4.79 Å². The van der Waals surface area contributed by atoms with Crippen LogP contribution in [0.2, 0.25) is 0 Å². The third-order valence-electron chi connectivity index (χ3n) is 0.936. The number of carbonyl (C=O) groups is 1. The quantitative estimate of drug-likeness (QED) is 0.548. The Bertz CT molecular complexity index is 172.